The molecular formula is C29H33FN5O4+. The zero-order valence-corrected chi connectivity index (χ0v) is 22.5. The molecule has 0 saturated carbocycles. The van der Waals surface area contributed by atoms with Gasteiger partial charge in [-0.15, -0.1) is 0 Å². The largest absolute Gasteiger partial charge is 0.497 e. The zero-order chi connectivity index (χ0) is 28.1. The Bertz CT molecular complexity index is 1390. The van der Waals surface area contributed by atoms with Gasteiger partial charge in [-0.3, -0.25) is 20.4 Å². The van der Waals surface area contributed by atoms with Crippen molar-refractivity contribution in [2.45, 2.75) is 20.0 Å². The molecule has 10 heteroatoms. The minimum Gasteiger partial charge on any atom is -0.497 e. The van der Waals surface area contributed by atoms with Crippen LogP contribution in [-0.4, -0.2) is 62.4 Å². The number of nitrogens with zero attached hydrogens (tertiary/aromatic N) is 2. The van der Waals surface area contributed by atoms with Crippen molar-refractivity contribution < 1.29 is 28.7 Å². The van der Waals surface area contributed by atoms with Gasteiger partial charge in [0.1, 0.15) is 29.7 Å². The van der Waals surface area contributed by atoms with Crippen molar-refractivity contribution in [3.8, 4) is 28.4 Å². The number of fused-ring (bicyclic) bond motifs is 1. The number of halogens is 1. The maximum Gasteiger partial charge on any atom is 0.299 e. The van der Waals surface area contributed by atoms with E-state index in [1.165, 1.54) is 17.0 Å². The van der Waals surface area contributed by atoms with E-state index < -0.39 is 0 Å². The highest BCUT2D eigenvalue weighted by Crippen LogP contribution is 2.39. The Hall–Kier alpha value is -4.44. The summed E-state index contributed by atoms with van der Waals surface area (Å²) in [6, 6.07) is 13.6. The van der Waals surface area contributed by atoms with Gasteiger partial charge in [0.25, 0.3) is 11.9 Å². The van der Waals surface area contributed by atoms with E-state index in [9.17, 15) is 9.18 Å². The van der Waals surface area contributed by atoms with Crippen LogP contribution in [0.2, 0.25) is 0 Å². The second-order valence-corrected chi connectivity index (χ2v) is 9.21. The maximum atomic E-state index is 14.0. The summed E-state index contributed by atoms with van der Waals surface area (Å²) in [6.07, 6.45) is 1.08. The number of amides is 1. The molecule has 1 heterocycles. The number of nitrogens with two attached hydrogens (primary N) is 1. The standard InChI is InChI=1S/C29H32FN5O4/c1-18-9-21(30)5-6-24(18)25-12-20(16-35(17-31)29(32)33-2)13-26-27(25)39-8-7-34(28(26)36)15-19-10-22(37-3)14-23(11-19)38-4/h5-6,9-14,17,31H,7-8,15-16H2,1-4H3,(H2,32,33)/p+1. The lowest BCUT2D eigenvalue weighted by atomic mass is 9.94. The van der Waals surface area contributed by atoms with Crippen LogP contribution in [0.4, 0.5) is 4.39 Å². The number of quaternary nitrogens is 1. The molecule has 204 valence electrons. The Morgan fingerprint density at radius 1 is 1.08 bits per heavy atom. The van der Waals surface area contributed by atoms with Crippen molar-refractivity contribution >= 4 is 18.2 Å². The van der Waals surface area contributed by atoms with Crippen LogP contribution in [0.15, 0.2) is 48.5 Å². The highest BCUT2D eigenvalue weighted by molar-refractivity contribution is 6.00. The minimum atomic E-state index is -0.350. The first-order chi connectivity index (χ1) is 18.8. The first kappa shape index (κ1) is 27.6. The summed E-state index contributed by atoms with van der Waals surface area (Å²) in [5.41, 5.74) is 4.03. The summed E-state index contributed by atoms with van der Waals surface area (Å²) in [7, 11) is 4.88. The summed E-state index contributed by atoms with van der Waals surface area (Å²) in [5, 5.41) is 17.5. The molecule has 0 aromatic heterocycles. The van der Waals surface area contributed by atoms with Crippen LogP contribution in [-0.2, 0) is 13.1 Å². The molecule has 4 rings (SSSR count). The number of methoxy groups -OCH3 is 2. The molecule has 3 aromatic carbocycles. The first-order valence-electron chi connectivity index (χ1n) is 12.5. The van der Waals surface area contributed by atoms with E-state index in [0.717, 1.165) is 17.5 Å². The predicted molar refractivity (Wildman–Crippen MR) is 146 cm³/mol. The third kappa shape index (κ3) is 6.01. The highest BCUT2D eigenvalue weighted by atomic mass is 19.1. The minimum absolute atomic E-state index is 0.163. The number of hydrogen-bond donors (Lipinski definition) is 3. The Kier molecular flexibility index (Phi) is 8.46. The predicted octanol–water partition coefficient (Wildman–Crippen LogP) is 3.39. The lowest BCUT2D eigenvalue weighted by Gasteiger charge is -2.22. The van der Waals surface area contributed by atoms with Gasteiger partial charge in [-0.25, -0.2) is 9.80 Å². The van der Waals surface area contributed by atoms with Crippen LogP contribution in [0.5, 0.6) is 17.2 Å². The van der Waals surface area contributed by atoms with Gasteiger partial charge >= 0.3 is 0 Å². The summed E-state index contributed by atoms with van der Waals surface area (Å²) in [4.78, 5) is 17.2. The summed E-state index contributed by atoms with van der Waals surface area (Å²) >= 11 is 0. The fraction of sp³-hybridized carbons (Fsp3) is 0.276. The zero-order valence-electron chi connectivity index (χ0n) is 22.5. The fourth-order valence-corrected chi connectivity index (χ4v) is 4.65. The number of carbonyl (C=O) groups excluding carboxylic acids is 1. The van der Waals surface area contributed by atoms with Crippen molar-refractivity contribution in [3.63, 3.8) is 0 Å². The third-order valence-corrected chi connectivity index (χ3v) is 6.63. The van der Waals surface area contributed by atoms with Crippen LogP contribution >= 0.6 is 0 Å². The molecule has 1 aliphatic heterocycles. The molecule has 0 atom stereocenters. The van der Waals surface area contributed by atoms with E-state index in [2.05, 4.69) is 0 Å². The molecule has 3 aromatic rings. The van der Waals surface area contributed by atoms with Gasteiger partial charge in [0.15, 0.2) is 0 Å². The molecule has 1 amide bonds. The first-order valence-corrected chi connectivity index (χ1v) is 12.5. The Labute approximate surface area is 227 Å². The van der Waals surface area contributed by atoms with Crippen molar-refractivity contribution in [1.82, 2.24) is 9.80 Å². The molecule has 0 aliphatic carbocycles. The lowest BCUT2D eigenvalue weighted by Crippen LogP contribution is -2.87. The Balaban J connectivity index is 1.80. The van der Waals surface area contributed by atoms with Gasteiger partial charge < -0.3 is 19.1 Å². The van der Waals surface area contributed by atoms with Crippen molar-refractivity contribution in [2.75, 3.05) is 34.4 Å². The molecule has 0 fully saturated rings. The number of ether oxygens (including phenoxy) is 3. The van der Waals surface area contributed by atoms with E-state index >= 15 is 0 Å². The number of benzene rings is 3. The number of nitrogens with one attached hydrogen (secondary N) is 2. The average Bonchev–Trinajstić information content (AvgIpc) is 3.09. The molecule has 9 nitrogen and oxygen atoms in total. The smallest absolute Gasteiger partial charge is 0.299 e. The molecule has 39 heavy (non-hydrogen) atoms. The molecule has 0 unspecified atom stereocenters. The molecule has 0 bridgehead atoms. The van der Waals surface area contributed by atoms with Crippen LogP contribution < -0.4 is 19.5 Å². The van der Waals surface area contributed by atoms with Gasteiger partial charge in [-0.1, -0.05) is 6.07 Å². The van der Waals surface area contributed by atoms with Crippen molar-refractivity contribution in [3.05, 3.63) is 76.6 Å². The second kappa shape index (κ2) is 12.0. The molecule has 0 radical (unpaired) electrons. The van der Waals surface area contributed by atoms with Gasteiger partial charge in [0, 0.05) is 18.2 Å². The van der Waals surface area contributed by atoms with E-state index in [-0.39, 0.29) is 30.8 Å². The third-order valence-electron chi connectivity index (χ3n) is 6.63. The lowest BCUT2D eigenvalue weighted by molar-refractivity contribution is -0.516. The van der Waals surface area contributed by atoms with Crippen LogP contribution in [0.3, 0.4) is 0 Å². The maximum absolute atomic E-state index is 14.0. The highest BCUT2D eigenvalue weighted by Gasteiger charge is 2.28. The Morgan fingerprint density at radius 2 is 1.77 bits per heavy atom. The second-order valence-electron chi connectivity index (χ2n) is 9.21. The van der Waals surface area contributed by atoms with Crippen molar-refractivity contribution in [2.24, 2.45) is 0 Å². The van der Waals surface area contributed by atoms with Crippen LogP contribution in [0.25, 0.3) is 11.1 Å². The van der Waals surface area contributed by atoms with E-state index in [1.807, 2.05) is 25.1 Å². The number of guanidine groups is 1. The van der Waals surface area contributed by atoms with Crippen LogP contribution in [0.1, 0.15) is 27.0 Å². The SMILES string of the molecule is C[NH2+]C(=N)N(C=N)Cc1cc2c(c(-c3ccc(F)cc3C)c1)OCCN(Cc1cc(OC)cc(OC)c1)C2=O. The van der Waals surface area contributed by atoms with Gasteiger partial charge in [0.2, 0.25) is 0 Å². The molecule has 0 spiro atoms. The number of aryl methyl sites for hydroxylation is 1. The topological polar surface area (TPSA) is 116 Å². The normalized spacial score (nSPS) is 12.7. The van der Waals surface area contributed by atoms with Gasteiger partial charge in [-0.05, 0) is 65.6 Å². The van der Waals surface area contributed by atoms with E-state index in [1.54, 1.807) is 49.7 Å². The fourth-order valence-electron chi connectivity index (χ4n) is 4.65. The molecular weight excluding hydrogens is 501 g/mol. The summed E-state index contributed by atoms with van der Waals surface area (Å²) in [6.45, 7) is 2.95. The average molecular weight is 535 g/mol. The quantitative estimate of drug-likeness (QED) is 0.303. The monoisotopic (exact) mass is 534 g/mol. The number of carbonyl (C=O) groups is 1. The van der Waals surface area contributed by atoms with Crippen molar-refractivity contribution in [1.29, 1.82) is 10.8 Å². The van der Waals surface area contributed by atoms with E-state index in [0.29, 0.717) is 52.6 Å². The summed E-state index contributed by atoms with van der Waals surface area (Å²) < 4.78 is 30.9. The number of rotatable bonds is 8. The van der Waals surface area contributed by atoms with E-state index in [4.69, 9.17) is 25.0 Å². The Morgan fingerprint density at radius 3 is 2.38 bits per heavy atom. The summed E-state index contributed by atoms with van der Waals surface area (Å²) in [5.74, 6) is 1.28. The molecule has 4 N–H and O–H groups in total. The number of hydrogen-bond acceptors (Lipinski definition) is 6. The molecule has 1 aliphatic rings. The van der Waals surface area contributed by atoms with Crippen LogP contribution in [0, 0.1) is 23.6 Å². The molecule has 0 saturated heterocycles. The van der Waals surface area contributed by atoms with Gasteiger partial charge in [-0.2, -0.15) is 0 Å². The van der Waals surface area contributed by atoms with Gasteiger partial charge in [0.05, 0.1) is 46.3 Å².